The van der Waals surface area contributed by atoms with Crippen molar-refractivity contribution in [2.75, 3.05) is 20.3 Å². The number of methoxy groups -OCH3 is 1. The second-order valence-electron chi connectivity index (χ2n) is 4.09. The van der Waals surface area contributed by atoms with Gasteiger partial charge in [-0.2, -0.15) is 0 Å². The molecule has 1 atom stereocenters. The lowest BCUT2D eigenvalue weighted by atomic mass is 9.95. The standard InChI is InChI=1S/C10H18O4/c1-7(9(11)12-4)8-5-13-10(2,3)14-6-8/h7-8H,5-6H2,1-4H3. The monoisotopic (exact) mass is 202 g/mol. The Hall–Kier alpha value is -0.610. The molecular formula is C10H18O4. The molecule has 1 heterocycles. The highest BCUT2D eigenvalue weighted by Gasteiger charge is 2.34. The number of carbonyl (C=O) groups excluding carboxylic acids is 1. The number of esters is 1. The summed E-state index contributed by atoms with van der Waals surface area (Å²) < 4.78 is 15.6. The molecule has 0 N–H and O–H groups in total. The molecule has 1 aliphatic heterocycles. The van der Waals surface area contributed by atoms with E-state index in [1.807, 2.05) is 20.8 Å². The van der Waals surface area contributed by atoms with Crippen LogP contribution in [-0.4, -0.2) is 32.1 Å². The predicted molar refractivity (Wildman–Crippen MR) is 50.7 cm³/mol. The summed E-state index contributed by atoms with van der Waals surface area (Å²) in [6.07, 6.45) is 0. The van der Waals surface area contributed by atoms with Gasteiger partial charge < -0.3 is 14.2 Å². The van der Waals surface area contributed by atoms with Gasteiger partial charge in [-0.25, -0.2) is 0 Å². The molecule has 0 aliphatic carbocycles. The summed E-state index contributed by atoms with van der Waals surface area (Å²) in [5.41, 5.74) is 0. The largest absolute Gasteiger partial charge is 0.469 e. The fraction of sp³-hybridized carbons (Fsp3) is 0.900. The van der Waals surface area contributed by atoms with Gasteiger partial charge in [0.1, 0.15) is 0 Å². The maximum atomic E-state index is 11.2. The molecule has 1 saturated heterocycles. The van der Waals surface area contributed by atoms with Gasteiger partial charge in [-0.15, -0.1) is 0 Å². The minimum atomic E-state index is -0.521. The highest BCUT2D eigenvalue weighted by atomic mass is 16.7. The molecule has 0 aromatic rings. The van der Waals surface area contributed by atoms with Crippen molar-refractivity contribution < 1.29 is 19.0 Å². The fourth-order valence-electron chi connectivity index (χ4n) is 1.37. The average molecular weight is 202 g/mol. The SMILES string of the molecule is COC(=O)C(C)C1COC(C)(C)OC1. The molecule has 14 heavy (non-hydrogen) atoms. The smallest absolute Gasteiger partial charge is 0.308 e. The molecule has 0 saturated carbocycles. The van der Waals surface area contributed by atoms with E-state index in [9.17, 15) is 4.79 Å². The van der Waals surface area contributed by atoms with Crippen LogP contribution in [0, 0.1) is 11.8 Å². The van der Waals surface area contributed by atoms with Gasteiger partial charge >= 0.3 is 5.97 Å². The molecule has 0 spiro atoms. The first kappa shape index (κ1) is 11.5. The van der Waals surface area contributed by atoms with Crippen LogP contribution in [-0.2, 0) is 19.0 Å². The molecule has 1 fully saturated rings. The average Bonchev–Trinajstić information content (AvgIpc) is 2.15. The van der Waals surface area contributed by atoms with Gasteiger partial charge in [-0.1, -0.05) is 6.92 Å². The van der Waals surface area contributed by atoms with E-state index in [1.54, 1.807) is 0 Å². The number of hydrogen-bond donors (Lipinski definition) is 0. The van der Waals surface area contributed by atoms with Crippen molar-refractivity contribution in [3.63, 3.8) is 0 Å². The maximum Gasteiger partial charge on any atom is 0.308 e. The van der Waals surface area contributed by atoms with Crippen LogP contribution >= 0.6 is 0 Å². The first-order valence-corrected chi connectivity index (χ1v) is 4.82. The number of rotatable bonds is 2. The third kappa shape index (κ3) is 2.69. The van der Waals surface area contributed by atoms with Crippen LogP contribution in [0.3, 0.4) is 0 Å². The third-order valence-electron chi connectivity index (χ3n) is 2.57. The van der Waals surface area contributed by atoms with E-state index in [2.05, 4.69) is 4.74 Å². The minimum Gasteiger partial charge on any atom is -0.469 e. The summed E-state index contributed by atoms with van der Waals surface area (Å²) in [4.78, 5) is 11.2. The van der Waals surface area contributed by atoms with Crippen LogP contribution in [0.15, 0.2) is 0 Å². The highest BCUT2D eigenvalue weighted by molar-refractivity contribution is 5.72. The van der Waals surface area contributed by atoms with E-state index in [1.165, 1.54) is 7.11 Å². The van der Waals surface area contributed by atoms with Gasteiger partial charge in [0, 0.05) is 5.92 Å². The van der Waals surface area contributed by atoms with Crippen molar-refractivity contribution >= 4 is 5.97 Å². The van der Waals surface area contributed by atoms with E-state index < -0.39 is 5.79 Å². The first-order valence-electron chi connectivity index (χ1n) is 4.82. The van der Waals surface area contributed by atoms with Gasteiger partial charge in [0.15, 0.2) is 5.79 Å². The summed E-state index contributed by atoms with van der Waals surface area (Å²) in [5, 5.41) is 0. The zero-order valence-corrected chi connectivity index (χ0v) is 9.20. The van der Waals surface area contributed by atoms with Crippen molar-refractivity contribution in [1.82, 2.24) is 0 Å². The first-order chi connectivity index (χ1) is 6.46. The Kier molecular flexibility index (Phi) is 3.50. The lowest BCUT2D eigenvalue weighted by molar-refractivity contribution is -0.267. The Labute approximate surface area is 84.5 Å². The van der Waals surface area contributed by atoms with E-state index >= 15 is 0 Å². The molecule has 0 radical (unpaired) electrons. The van der Waals surface area contributed by atoms with Crippen molar-refractivity contribution in [1.29, 1.82) is 0 Å². The second-order valence-corrected chi connectivity index (χ2v) is 4.09. The Bertz CT molecular complexity index is 202. The Morgan fingerprint density at radius 1 is 1.43 bits per heavy atom. The zero-order chi connectivity index (χ0) is 10.8. The van der Waals surface area contributed by atoms with Gasteiger partial charge in [0.05, 0.1) is 26.2 Å². The van der Waals surface area contributed by atoms with Crippen LogP contribution < -0.4 is 0 Å². The van der Waals surface area contributed by atoms with Crippen LogP contribution in [0.5, 0.6) is 0 Å². The lowest BCUT2D eigenvalue weighted by Gasteiger charge is -2.36. The number of ether oxygens (including phenoxy) is 3. The van der Waals surface area contributed by atoms with E-state index in [4.69, 9.17) is 9.47 Å². The highest BCUT2D eigenvalue weighted by Crippen LogP contribution is 2.25. The lowest BCUT2D eigenvalue weighted by Crippen LogP contribution is -2.43. The number of carbonyl (C=O) groups is 1. The minimum absolute atomic E-state index is 0.0930. The molecule has 0 aromatic carbocycles. The quantitative estimate of drug-likeness (QED) is 0.631. The van der Waals surface area contributed by atoms with Gasteiger partial charge in [-0.05, 0) is 13.8 Å². The normalized spacial score (nSPS) is 24.3. The van der Waals surface area contributed by atoms with Crippen LogP contribution in [0.1, 0.15) is 20.8 Å². The Balaban J connectivity index is 2.45. The zero-order valence-electron chi connectivity index (χ0n) is 9.20. The molecule has 1 unspecified atom stereocenters. The Morgan fingerprint density at radius 3 is 2.36 bits per heavy atom. The molecule has 1 aliphatic rings. The second kappa shape index (κ2) is 4.28. The van der Waals surface area contributed by atoms with E-state index in [-0.39, 0.29) is 17.8 Å². The predicted octanol–water partition coefficient (Wildman–Crippen LogP) is 1.19. The summed E-state index contributed by atoms with van der Waals surface area (Å²) in [7, 11) is 1.40. The van der Waals surface area contributed by atoms with Gasteiger partial charge in [0.2, 0.25) is 0 Å². The van der Waals surface area contributed by atoms with E-state index in [0.29, 0.717) is 13.2 Å². The van der Waals surface area contributed by atoms with Crippen LogP contribution in [0.2, 0.25) is 0 Å². The van der Waals surface area contributed by atoms with Crippen molar-refractivity contribution in [3.8, 4) is 0 Å². The van der Waals surface area contributed by atoms with Crippen LogP contribution in [0.4, 0.5) is 0 Å². The summed E-state index contributed by atoms with van der Waals surface area (Å²) in [6, 6.07) is 0. The van der Waals surface area contributed by atoms with Crippen molar-refractivity contribution in [3.05, 3.63) is 0 Å². The van der Waals surface area contributed by atoms with Crippen LogP contribution in [0.25, 0.3) is 0 Å². The molecule has 0 bridgehead atoms. The molecule has 4 heteroatoms. The molecular weight excluding hydrogens is 184 g/mol. The molecule has 4 nitrogen and oxygen atoms in total. The molecule has 1 rings (SSSR count). The third-order valence-corrected chi connectivity index (χ3v) is 2.57. The Morgan fingerprint density at radius 2 is 1.93 bits per heavy atom. The summed E-state index contributed by atoms with van der Waals surface area (Å²) >= 11 is 0. The fourth-order valence-corrected chi connectivity index (χ4v) is 1.37. The topological polar surface area (TPSA) is 44.8 Å². The van der Waals surface area contributed by atoms with Crippen molar-refractivity contribution in [2.24, 2.45) is 11.8 Å². The van der Waals surface area contributed by atoms with Crippen molar-refractivity contribution in [2.45, 2.75) is 26.6 Å². The summed E-state index contributed by atoms with van der Waals surface area (Å²) in [5.74, 6) is -0.805. The molecule has 82 valence electrons. The van der Waals surface area contributed by atoms with Gasteiger partial charge in [0.25, 0.3) is 0 Å². The number of hydrogen-bond acceptors (Lipinski definition) is 4. The maximum absolute atomic E-state index is 11.2. The molecule has 0 aromatic heterocycles. The molecule has 0 amide bonds. The summed E-state index contributed by atoms with van der Waals surface area (Å²) in [6.45, 7) is 6.66. The van der Waals surface area contributed by atoms with E-state index in [0.717, 1.165) is 0 Å². The van der Waals surface area contributed by atoms with Gasteiger partial charge in [-0.3, -0.25) is 4.79 Å².